The first-order chi connectivity index (χ1) is 11.7. The highest BCUT2D eigenvalue weighted by Gasteiger charge is 2.05. The molecular weight excluding hydrogens is 362 g/mol. The fraction of sp³-hybridized carbons (Fsp3) is 0.176. The molecule has 7 heteroatoms. The van der Waals surface area contributed by atoms with E-state index in [4.69, 9.17) is 16.3 Å². The van der Waals surface area contributed by atoms with E-state index in [0.29, 0.717) is 11.6 Å². The summed E-state index contributed by atoms with van der Waals surface area (Å²) in [4.78, 5) is 0. The summed E-state index contributed by atoms with van der Waals surface area (Å²) in [6, 6.07) is 15.5. The fourth-order valence-corrected chi connectivity index (χ4v) is 3.77. The first kappa shape index (κ1) is 17.1. The highest BCUT2D eigenvalue weighted by molar-refractivity contribution is 8.01. The van der Waals surface area contributed by atoms with Gasteiger partial charge in [0.2, 0.25) is 5.13 Å². The van der Waals surface area contributed by atoms with Crippen LogP contribution in [0.3, 0.4) is 0 Å². The molecule has 3 rings (SSSR count). The van der Waals surface area contributed by atoms with Crippen molar-refractivity contribution in [3.05, 3.63) is 59.1 Å². The summed E-state index contributed by atoms with van der Waals surface area (Å²) in [5.74, 6) is 1.63. The Morgan fingerprint density at radius 3 is 2.79 bits per heavy atom. The molecule has 0 radical (unpaired) electrons. The lowest BCUT2D eigenvalue weighted by molar-refractivity contribution is 0.344. The van der Waals surface area contributed by atoms with Crippen LogP contribution in [0.2, 0.25) is 5.02 Å². The lowest BCUT2D eigenvalue weighted by atomic mass is 10.2. The number of hydrogen-bond acceptors (Lipinski definition) is 6. The van der Waals surface area contributed by atoms with E-state index in [2.05, 4.69) is 34.6 Å². The summed E-state index contributed by atoms with van der Waals surface area (Å²) < 4.78 is 6.58. The number of aryl methyl sites for hydroxylation is 1. The third kappa shape index (κ3) is 5.12. The number of nitrogens with one attached hydrogen (secondary N) is 1. The number of ether oxygens (including phenoxy) is 1. The number of benzene rings is 2. The van der Waals surface area contributed by atoms with Gasteiger partial charge in [-0.1, -0.05) is 46.8 Å². The molecule has 0 aliphatic rings. The predicted molar refractivity (Wildman–Crippen MR) is 102 cm³/mol. The van der Waals surface area contributed by atoms with Crippen molar-refractivity contribution in [3.63, 3.8) is 0 Å². The molecule has 1 N–H and O–H groups in total. The van der Waals surface area contributed by atoms with Crippen molar-refractivity contribution >= 4 is 45.5 Å². The number of nitrogens with zero attached hydrogens (tertiary/aromatic N) is 2. The fourth-order valence-electron chi connectivity index (χ4n) is 1.98. The van der Waals surface area contributed by atoms with Gasteiger partial charge in [0, 0.05) is 16.5 Å². The van der Waals surface area contributed by atoms with E-state index in [1.807, 2.05) is 36.4 Å². The van der Waals surface area contributed by atoms with E-state index < -0.39 is 0 Å². The van der Waals surface area contributed by atoms with Crippen molar-refractivity contribution in [2.75, 3.05) is 17.7 Å². The van der Waals surface area contributed by atoms with E-state index in [9.17, 15) is 0 Å². The summed E-state index contributed by atoms with van der Waals surface area (Å²) in [6.07, 6.45) is 0. The van der Waals surface area contributed by atoms with Crippen LogP contribution in [-0.4, -0.2) is 22.6 Å². The molecule has 0 saturated heterocycles. The van der Waals surface area contributed by atoms with Crippen LogP contribution >= 0.6 is 34.7 Å². The topological polar surface area (TPSA) is 47.0 Å². The average Bonchev–Trinajstić information content (AvgIpc) is 3.01. The molecule has 24 heavy (non-hydrogen) atoms. The molecule has 1 heterocycles. The zero-order chi connectivity index (χ0) is 16.8. The van der Waals surface area contributed by atoms with Gasteiger partial charge in [-0.15, -0.1) is 10.2 Å². The maximum absolute atomic E-state index is 5.84. The van der Waals surface area contributed by atoms with Gasteiger partial charge in [-0.05, 0) is 48.9 Å². The monoisotopic (exact) mass is 377 g/mol. The van der Waals surface area contributed by atoms with Crippen LogP contribution in [-0.2, 0) is 0 Å². The van der Waals surface area contributed by atoms with Gasteiger partial charge in [-0.3, -0.25) is 0 Å². The maximum atomic E-state index is 5.84. The second kappa shape index (κ2) is 8.37. The summed E-state index contributed by atoms with van der Waals surface area (Å²) in [5.41, 5.74) is 2.23. The van der Waals surface area contributed by atoms with Crippen molar-refractivity contribution in [3.8, 4) is 5.75 Å². The Bertz CT molecular complexity index is 793. The van der Waals surface area contributed by atoms with Crippen LogP contribution in [0.1, 0.15) is 5.56 Å². The second-order valence-electron chi connectivity index (χ2n) is 5.02. The highest BCUT2D eigenvalue weighted by Crippen LogP contribution is 2.28. The zero-order valence-corrected chi connectivity index (χ0v) is 15.4. The largest absolute Gasteiger partial charge is 0.493 e. The molecule has 124 valence electrons. The third-order valence-corrected chi connectivity index (χ3v) is 5.26. The molecule has 0 aliphatic carbocycles. The van der Waals surface area contributed by atoms with Gasteiger partial charge < -0.3 is 10.1 Å². The number of halogens is 1. The Kier molecular flexibility index (Phi) is 5.96. The molecule has 1 aromatic heterocycles. The Morgan fingerprint density at radius 1 is 1.17 bits per heavy atom. The summed E-state index contributed by atoms with van der Waals surface area (Å²) in [5, 5.41) is 13.1. The molecule has 0 amide bonds. The van der Waals surface area contributed by atoms with E-state index in [1.54, 1.807) is 11.8 Å². The van der Waals surface area contributed by atoms with E-state index >= 15 is 0 Å². The molecule has 0 unspecified atom stereocenters. The molecule has 0 atom stereocenters. The minimum atomic E-state index is 0.604. The minimum absolute atomic E-state index is 0.604. The van der Waals surface area contributed by atoms with Gasteiger partial charge in [0.15, 0.2) is 4.34 Å². The zero-order valence-electron chi connectivity index (χ0n) is 13.0. The smallest absolute Gasteiger partial charge is 0.210 e. The number of anilines is 2. The van der Waals surface area contributed by atoms with Gasteiger partial charge in [-0.25, -0.2) is 0 Å². The maximum Gasteiger partial charge on any atom is 0.210 e. The van der Waals surface area contributed by atoms with Crippen LogP contribution in [0.15, 0.2) is 52.9 Å². The van der Waals surface area contributed by atoms with Crippen molar-refractivity contribution in [2.45, 2.75) is 11.3 Å². The SMILES string of the molecule is Cc1cccc(Nc2nnc(SCCOc3ccc(Cl)cc3)s2)c1. The first-order valence-corrected chi connectivity index (χ1v) is 9.55. The molecule has 2 aromatic carbocycles. The Morgan fingerprint density at radius 2 is 2.00 bits per heavy atom. The molecule has 0 aliphatic heterocycles. The predicted octanol–water partition coefficient (Wildman–Crippen LogP) is 5.41. The van der Waals surface area contributed by atoms with E-state index in [1.165, 1.54) is 16.9 Å². The number of rotatable bonds is 7. The first-order valence-electron chi connectivity index (χ1n) is 7.37. The standard InChI is InChI=1S/C17H16ClN3OS2/c1-12-3-2-4-14(11-12)19-16-20-21-17(24-16)23-10-9-22-15-7-5-13(18)6-8-15/h2-8,11H,9-10H2,1H3,(H,19,20). The van der Waals surface area contributed by atoms with Gasteiger partial charge in [0.25, 0.3) is 0 Å². The summed E-state index contributed by atoms with van der Waals surface area (Å²) in [7, 11) is 0. The van der Waals surface area contributed by atoms with Crippen LogP contribution in [0.5, 0.6) is 5.75 Å². The van der Waals surface area contributed by atoms with Crippen LogP contribution in [0, 0.1) is 6.92 Å². The number of aromatic nitrogens is 2. The van der Waals surface area contributed by atoms with Crippen LogP contribution < -0.4 is 10.1 Å². The van der Waals surface area contributed by atoms with Gasteiger partial charge >= 0.3 is 0 Å². The van der Waals surface area contributed by atoms with Gasteiger partial charge in [0.05, 0.1) is 6.61 Å². The molecule has 4 nitrogen and oxygen atoms in total. The van der Waals surface area contributed by atoms with Crippen LogP contribution in [0.4, 0.5) is 10.8 Å². The van der Waals surface area contributed by atoms with Gasteiger partial charge in [-0.2, -0.15) is 0 Å². The third-order valence-electron chi connectivity index (χ3n) is 3.07. The van der Waals surface area contributed by atoms with Crippen molar-refractivity contribution in [2.24, 2.45) is 0 Å². The minimum Gasteiger partial charge on any atom is -0.493 e. The Labute approximate surface area is 154 Å². The second-order valence-corrected chi connectivity index (χ2v) is 7.77. The highest BCUT2D eigenvalue weighted by atomic mass is 35.5. The van der Waals surface area contributed by atoms with E-state index in [-0.39, 0.29) is 0 Å². The quantitative estimate of drug-likeness (QED) is 0.440. The number of thioether (sulfide) groups is 1. The molecule has 0 fully saturated rings. The van der Waals surface area contributed by atoms with Crippen molar-refractivity contribution in [1.82, 2.24) is 10.2 Å². The molecule has 3 aromatic rings. The summed E-state index contributed by atoms with van der Waals surface area (Å²) >= 11 is 9.01. The van der Waals surface area contributed by atoms with Crippen molar-refractivity contribution in [1.29, 1.82) is 0 Å². The summed E-state index contributed by atoms with van der Waals surface area (Å²) in [6.45, 7) is 2.67. The van der Waals surface area contributed by atoms with E-state index in [0.717, 1.165) is 26.7 Å². The van der Waals surface area contributed by atoms with Gasteiger partial charge in [0.1, 0.15) is 5.75 Å². The molecule has 0 bridgehead atoms. The lowest BCUT2D eigenvalue weighted by Gasteiger charge is -2.04. The average molecular weight is 378 g/mol. The molecule has 0 spiro atoms. The number of hydrogen-bond donors (Lipinski definition) is 1. The normalized spacial score (nSPS) is 10.6. The molecular formula is C17H16ClN3OS2. The van der Waals surface area contributed by atoms with Crippen molar-refractivity contribution < 1.29 is 4.74 Å². The Hall–Kier alpha value is -1.76. The molecule has 0 saturated carbocycles. The Balaban J connectivity index is 1.45. The lowest BCUT2D eigenvalue weighted by Crippen LogP contribution is -1.99. The van der Waals surface area contributed by atoms with Crippen LogP contribution in [0.25, 0.3) is 0 Å².